The van der Waals surface area contributed by atoms with E-state index in [2.05, 4.69) is 15.5 Å². The highest BCUT2D eigenvalue weighted by Gasteiger charge is 2.47. The van der Waals surface area contributed by atoms with Crippen LogP contribution in [-0.4, -0.2) is 77.8 Å². The third-order valence-corrected chi connectivity index (χ3v) is 9.41. The molecule has 5 rings (SSSR count). The van der Waals surface area contributed by atoms with Crippen molar-refractivity contribution in [1.29, 1.82) is 0 Å². The maximum atomic E-state index is 14.3. The van der Waals surface area contributed by atoms with Gasteiger partial charge in [0.15, 0.2) is 0 Å². The minimum atomic E-state index is -2.75. The monoisotopic (exact) mass is 560 g/mol. The van der Waals surface area contributed by atoms with E-state index in [0.29, 0.717) is 32.5 Å². The number of ether oxygens (including phenoxy) is 1. The molecule has 0 aromatic heterocycles. The lowest BCUT2D eigenvalue weighted by Gasteiger charge is -2.45. The van der Waals surface area contributed by atoms with Crippen molar-refractivity contribution in [3.05, 3.63) is 29.8 Å². The molecule has 3 amide bonds. The largest absolute Gasteiger partial charge is 0.493 e. The van der Waals surface area contributed by atoms with E-state index in [4.69, 9.17) is 4.74 Å². The molecule has 220 valence electrons. The molecule has 1 saturated carbocycles. The molecule has 3 fully saturated rings. The number of benzene rings is 1. The van der Waals surface area contributed by atoms with Crippen molar-refractivity contribution < 1.29 is 27.9 Å². The molecule has 0 spiro atoms. The smallest absolute Gasteiger partial charge is 0.248 e. The van der Waals surface area contributed by atoms with Crippen LogP contribution in [0.4, 0.5) is 8.78 Å². The Bertz CT molecular complexity index is 1090. The second-order valence-corrected chi connectivity index (χ2v) is 12.0. The van der Waals surface area contributed by atoms with Gasteiger partial charge < -0.3 is 20.3 Å². The molecule has 10 heteroatoms. The fraction of sp³-hybridized carbons (Fsp3) is 0.700. The molecule has 2 N–H and O–H groups in total. The van der Waals surface area contributed by atoms with Crippen LogP contribution in [0.25, 0.3) is 0 Å². The highest BCUT2D eigenvalue weighted by molar-refractivity contribution is 5.93. The van der Waals surface area contributed by atoms with Gasteiger partial charge in [0.25, 0.3) is 0 Å². The van der Waals surface area contributed by atoms with Crippen LogP contribution in [0.1, 0.15) is 76.8 Å². The van der Waals surface area contributed by atoms with Crippen molar-refractivity contribution in [2.75, 3.05) is 26.2 Å². The first-order chi connectivity index (χ1) is 19.2. The van der Waals surface area contributed by atoms with Crippen molar-refractivity contribution in [3.8, 4) is 5.75 Å². The number of alkyl halides is 2. The maximum absolute atomic E-state index is 14.3. The van der Waals surface area contributed by atoms with E-state index in [9.17, 15) is 23.2 Å². The van der Waals surface area contributed by atoms with Gasteiger partial charge in [0.05, 0.1) is 12.6 Å². The van der Waals surface area contributed by atoms with Gasteiger partial charge in [-0.3, -0.25) is 19.3 Å². The van der Waals surface area contributed by atoms with Crippen LogP contribution in [0, 0.1) is 11.8 Å². The Kier molecular flexibility index (Phi) is 8.63. The lowest BCUT2D eigenvalue weighted by atomic mass is 9.81. The highest BCUT2D eigenvalue weighted by Crippen LogP contribution is 2.39. The van der Waals surface area contributed by atoms with E-state index in [1.165, 1.54) is 0 Å². The third-order valence-electron chi connectivity index (χ3n) is 9.41. The lowest BCUT2D eigenvalue weighted by Crippen LogP contribution is -2.66. The summed E-state index contributed by atoms with van der Waals surface area (Å²) < 4.78 is 33.8. The quantitative estimate of drug-likeness (QED) is 0.531. The van der Waals surface area contributed by atoms with Crippen LogP contribution in [-0.2, 0) is 14.4 Å². The van der Waals surface area contributed by atoms with E-state index in [1.807, 2.05) is 31.2 Å². The minimum Gasteiger partial charge on any atom is -0.493 e. The van der Waals surface area contributed by atoms with Crippen molar-refractivity contribution in [2.45, 2.75) is 95.3 Å². The standard InChI is InChI=1S/C30H42F2N4O4/c1-3-19(2)27(37)34-26(20-10-13-30(31,32)14-11-20)29(39)36-17-21-7-6-15-35(21)18-24(36)28(38)33-23-12-16-40-25-9-5-4-8-22(23)25/h4-5,8-9,19-21,23-24,26H,3,6-7,10-18H2,1-2H3,(H,33,38)(H,34,37)/t19-,21+,23-,24+,26+/m1/s1. The van der Waals surface area contributed by atoms with Gasteiger partial charge in [-0.2, -0.15) is 0 Å². The Balaban J connectivity index is 1.39. The molecular formula is C30H42F2N4O4. The van der Waals surface area contributed by atoms with Gasteiger partial charge in [-0.15, -0.1) is 0 Å². The van der Waals surface area contributed by atoms with Crippen LogP contribution >= 0.6 is 0 Å². The second-order valence-electron chi connectivity index (χ2n) is 12.0. The zero-order chi connectivity index (χ0) is 28.4. The zero-order valence-corrected chi connectivity index (χ0v) is 23.5. The summed E-state index contributed by atoms with van der Waals surface area (Å²) in [6, 6.07) is 5.90. The van der Waals surface area contributed by atoms with Crippen LogP contribution in [0.5, 0.6) is 5.75 Å². The van der Waals surface area contributed by atoms with Crippen molar-refractivity contribution in [3.63, 3.8) is 0 Å². The van der Waals surface area contributed by atoms with Gasteiger partial charge in [0.1, 0.15) is 17.8 Å². The minimum absolute atomic E-state index is 0.151. The van der Waals surface area contributed by atoms with Gasteiger partial charge in [-0.25, -0.2) is 8.78 Å². The number of para-hydroxylation sites is 1. The summed E-state index contributed by atoms with van der Waals surface area (Å²) in [4.78, 5) is 45.1. The molecule has 1 aromatic carbocycles. The summed E-state index contributed by atoms with van der Waals surface area (Å²) in [5.74, 6) is -3.52. The van der Waals surface area contributed by atoms with Crippen LogP contribution in [0.2, 0.25) is 0 Å². The predicted molar refractivity (Wildman–Crippen MR) is 146 cm³/mol. The molecule has 4 aliphatic rings. The summed E-state index contributed by atoms with van der Waals surface area (Å²) in [7, 11) is 0. The number of piperazine rings is 1. The number of rotatable bonds is 7. The molecule has 5 atom stereocenters. The van der Waals surface area contributed by atoms with Crippen molar-refractivity contribution in [2.24, 2.45) is 11.8 Å². The number of hydrogen-bond acceptors (Lipinski definition) is 5. The van der Waals surface area contributed by atoms with Crippen LogP contribution in [0.15, 0.2) is 24.3 Å². The number of halogens is 2. The SMILES string of the molecule is CC[C@@H](C)C(=O)N[C@H](C(=O)N1C[C@@H]2CCCN2C[C@H]1C(=O)N[C@@H]1CCOc2ccccc21)C1CCC(F)(F)CC1. The first-order valence-corrected chi connectivity index (χ1v) is 14.9. The van der Waals surface area contributed by atoms with E-state index >= 15 is 0 Å². The normalized spacial score (nSPS) is 28.0. The summed E-state index contributed by atoms with van der Waals surface area (Å²) in [5, 5.41) is 6.12. The Morgan fingerprint density at radius 3 is 2.60 bits per heavy atom. The number of carbonyl (C=O) groups is 3. The molecule has 0 radical (unpaired) electrons. The van der Waals surface area contributed by atoms with Gasteiger partial charge in [0, 0.05) is 49.9 Å². The topological polar surface area (TPSA) is 91.0 Å². The predicted octanol–water partition coefficient (Wildman–Crippen LogP) is 3.66. The average molecular weight is 561 g/mol. The van der Waals surface area contributed by atoms with Gasteiger partial charge in [-0.05, 0) is 50.6 Å². The van der Waals surface area contributed by atoms with E-state index in [1.54, 1.807) is 11.8 Å². The van der Waals surface area contributed by atoms with E-state index in [0.717, 1.165) is 30.7 Å². The van der Waals surface area contributed by atoms with Gasteiger partial charge in [-0.1, -0.05) is 32.0 Å². The van der Waals surface area contributed by atoms with Gasteiger partial charge in [0.2, 0.25) is 23.6 Å². The van der Waals surface area contributed by atoms with E-state index in [-0.39, 0.29) is 61.4 Å². The molecule has 3 aliphatic heterocycles. The summed E-state index contributed by atoms with van der Waals surface area (Å²) in [6.07, 6.45) is 2.87. The Morgan fingerprint density at radius 2 is 1.85 bits per heavy atom. The second kappa shape index (κ2) is 12.0. The molecule has 3 heterocycles. The summed E-state index contributed by atoms with van der Waals surface area (Å²) in [5.41, 5.74) is 0.914. The Labute approximate surface area is 235 Å². The summed E-state index contributed by atoms with van der Waals surface area (Å²) in [6.45, 7) is 5.87. The molecule has 40 heavy (non-hydrogen) atoms. The Hall–Kier alpha value is -2.75. The Morgan fingerprint density at radius 1 is 1.10 bits per heavy atom. The fourth-order valence-corrected chi connectivity index (χ4v) is 6.68. The third kappa shape index (κ3) is 6.11. The van der Waals surface area contributed by atoms with Crippen LogP contribution < -0.4 is 15.4 Å². The lowest BCUT2D eigenvalue weighted by molar-refractivity contribution is -0.150. The molecule has 1 aliphatic carbocycles. The summed E-state index contributed by atoms with van der Waals surface area (Å²) >= 11 is 0. The van der Waals surface area contributed by atoms with Crippen molar-refractivity contribution in [1.82, 2.24) is 20.4 Å². The molecule has 8 nitrogen and oxygen atoms in total. The first-order valence-electron chi connectivity index (χ1n) is 14.9. The number of fused-ring (bicyclic) bond motifs is 2. The van der Waals surface area contributed by atoms with E-state index < -0.39 is 23.9 Å². The molecular weight excluding hydrogens is 518 g/mol. The fourth-order valence-electron chi connectivity index (χ4n) is 6.68. The molecule has 2 saturated heterocycles. The average Bonchev–Trinajstić information content (AvgIpc) is 3.42. The number of nitrogens with zero attached hydrogens (tertiary/aromatic N) is 2. The molecule has 0 bridgehead atoms. The maximum Gasteiger partial charge on any atom is 0.248 e. The molecule has 1 aromatic rings. The first kappa shape index (κ1) is 28.8. The number of amides is 3. The zero-order valence-electron chi connectivity index (χ0n) is 23.5. The van der Waals surface area contributed by atoms with Gasteiger partial charge >= 0.3 is 0 Å². The number of carbonyl (C=O) groups excluding carboxylic acids is 3. The van der Waals surface area contributed by atoms with Crippen molar-refractivity contribution >= 4 is 17.7 Å². The number of nitrogens with one attached hydrogen (secondary N) is 2. The highest BCUT2D eigenvalue weighted by atomic mass is 19.3. The van der Waals surface area contributed by atoms with Crippen LogP contribution in [0.3, 0.4) is 0 Å². The number of hydrogen-bond donors (Lipinski definition) is 2. The molecule has 0 unspecified atom stereocenters.